The van der Waals surface area contributed by atoms with Crippen molar-refractivity contribution in [2.45, 2.75) is 31.9 Å². The summed E-state index contributed by atoms with van der Waals surface area (Å²) in [5.74, 6) is 1.10. The monoisotopic (exact) mass is 232 g/mol. The van der Waals surface area contributed by atoms with Crippen LogP contribution in [0.3, 0.4) is 0 Å². The minimum atomic E-state index is 0.393. The fourth-order valence-electron chi connectivity index (χ4n) is 2.69. The van der Waals surface area contributed by atoms with Crippen LogP contribution in [-0.4, -0.2) is 25.7 Å². The molecule has 0 unspecified atom stereocenters. The third-order valence-electron chi connectivity index (χ3n) is 3.68. The van der Waals surface area contributed by atoms with Crippen molar-refractivity contribution in [1.82, 2.24) is 10.6 Å². The summed E-state index contributed by atoms with van der Waals surface area (Å²) in [6, 6.07) is 6.47. The Kier molecular flexibility index (Phi) is 3.29. The van der Waals surface area contributed by atoms with Crippen LogP contribution in [0.2, 0.25) is 0 Å². The van der Waals surface area contributed by atoms with E-state index in [0.717, 1.165) is 51.2 Å². The molecule has 1 aromatic carbocycles. The Morgan fingerprint density at radius 2 is 1.94 bits per heavy atom. The van der Waals surface area contributed by atoms with Gasteiger partial charge in [0.15, 0.2) is 0 Å². The second kappa shape index (κ2) is 5.07. The predicted molar refractivity (Wildman–Crippen MR) is 68.4 cm³/mol. The van der Waals surface area contributed by atoms with Gasteiger partial charge in [0.25, 0.3) is 0 Å². The summed E-state index contributed by atoms with van der Waals surface area (Å²) in [5.41, 5.74) is 2.83. The normalized spacial score (nSPS) is 20.9. The first-order chi connectivity index (χ1) is 8.43. The maximum Gasteiger partial charge on any atom is 0.124 e. The number of rotatable bonds is 2. The topological polar surface area (TPSA) is 33.3 Å². The molecular formula is C14H20N2O. The van der Waals surface area contributed by atoms with Crippen LogP contribution >= 0.6 is 0 Å². The molecule has 92 valence electrons. The van der Waals surface area contributed by atoms with E-state index in [0.29, 0.717) is 6.10 Å². The fraction of sp³-hybridized carbons (Fsp3) is 0.571. The van der Waals surface area contributed by atoms with Gasteiger partial charge in [-0.25, -0.2) is 0 Å². The number of fused-ring (bicyclic) bond motifs is 1. The molecule has 0 spiro atoms. The molecule has 1 fully saturated rings. The van der Waals surface area contributed by atoms with Gasteiger partial charge in [-0.05, 0) is 50.5 Å². The molecule has 2 N–H and O–H groups in total. The third kappa shape index (κ3) is 2.45. The molecule has 0 aromatic heterocycles. The van der Waals surface area contributed by atoms with Gasteiger partial charge < -0.3 is 15.4 Å². The largest absolute Gasteiger partial charge is 0.490 e. The highest BCUT2D eigenvalue weighted by molar-refractivity contribution is 5.41. The Morgan fingerprint density at radius 1 is 1.06 bits per heavy atom. The maximum absolute atomic E-state index is 6.17. The lowest BCUT2D eigenvalue weighted by Gasteiger charge is -2.27. The van der Waals surface area contributed by atoms with Gasteiger partial charge in [0.2, 0.25) is 0 Å². The van der Waals surface area contributed by atoms with Crippen LogP contribution < -0.4 is 15.4 Å². The molecule has 1 aromatic rings. The summed E-state index contributed by atoms with van der Waals surface area (Å²) in [6.45, 7) is 4.20. The molecule has 0 atom stereocenters. The quantitative estimate of drug-likeness (QED) is 0.810. The Bertz CT molecular complexity index is 386. The summed E-state index contributed by atoms with van der Waals surface area (Å²) in [6.07, 6.45) is 3.76. The number of benzene rings is 1. The average Bonchev–Trinajstić information content (AvgIpc) is 2.40. The van der Waals surface area contributed by atoms with Gasteiger partial charge in [0, 0.05) is 12.1 Å². The summed E-state index contributed by atoms with van der Waals surface area (Å²) in [4.78, 5) is 0. The van der Waals surface area contributed by atoms with Gasteiger partial charge >= 0.3 is 0 Å². The van der Waals surface area contributed by atoms with E-state index in [1.807, 2.05) is 0 Å². The second-order valence-electron chi connectivity index (χ2n) is 4.89. The molecule has 2 aliphatic heterocycles. The van der Waals surface area contributed by atoms with Crippen LogP contribution in [0.15, 0.2) is 18.2 Å². The fourth-order valence-corrected chi connectivity index (χ4v) is 2.69. The maximum atomic E-state index is 6.17. The molecule has 0 radical (unpaired) electrons. The zero-order valence-corrected chi connectivity index (χ0v) is 10.2. The smallest absolute Gasteiger partial charge is 0.124 e. The van der Waals surface area contributed by atoms with Gasteiger partial charge in [-0.1, -0.05) is 12.1 Å². The summed E-state index contributed by atoms with van der Waals surface area (Å²) in [5, 5.41) is 6.80. The Hall–Kier alpha value is -1.06. The Morgan fingerprint density at radius 3 is 2.82 bits per heavy atom. The van der Waals surface area contributed by atoms with Crippen LogP contribution in [0, 0.1) is 0 Å². The van der Waals surface area contributed by atoms with E-state index in [2.05, 4.69) is 28.8 Å². The number of ether oxygens (including phenoxy) is 1. The molecule has 3 nitrogen and oxygen atoms in total. The lowest BCUT2D eigenvalue weighted by Crippen LogP contribution is -2.34. The molecular weight excluding hydrogens is 212 g/mol. The summed E-state index contributed by atoms with van der Waals surface area (Å²) < 4.78 is 6.17. The summed E-state index contributed by atoms with van der Waals surface area (Å²) >= 11 is 0. The second-order valence-corrected chi connectivity index (χ2v) is 4.89. The van der Waals surface area contributed by atoms with Gasteiger partial charge in [0.1, 0.15) is 11.9 Å². The standard InChI is InChI=1S/C14H20N2O/c1-2-11-4-7-16-10-13(11)14(3-1)17-12-5-8-15-9-6-12/h1-3,12,15-16H,4-10H2. The molecule has 2 aliphatic rings. The number of nitrogens with one attached hydrogen (secondary N) is 2. The average molecular weight is 232 g/mol. The minimum Gasteiger partial charge on any atom is -0.490 e. The molecule has 3 heteroatoms. The van der Waals surface area contributed by atoms with Gasteiger partial charge in [-0.3, -0.25) is 0 Å². The first-order valence-electron chi connectivity index (χ1n) is 6.62. The van der Waals surface area contributed by atoms with Crippen molar-refractivity contribution < 1.29 is 4.74 Å². The zero-order valence-electron chi connectivity index (χ0n) is 10.2. The van der Waals surface area contributed by atoms with Crippen molar-refractivity contribution >= 4 is 0 Å². The first kappa shape index (κ1) is 11.1. The van der Waals surface area contributed by atoms with Crippen molar-refractivity contribution in [1.29, 1.82) is 0 Å². The first-order valence-corrected chi connectivity index (χ1v) is 6.62. The molecule has 1 saturated heterocycles. The molecule has 2 heterocycles. The lowest BCUT2D eigenvalue weighted by molar-refractivity contribution is 0.160. The van der Waals surface area contributed by atoms with Crippen LogP contribution in [0.5, 0.6) is 5.75 Å². The van der Waals surface area contributed by atoms with Crippen molar-refractivity contribution in [3.05, 3.63) is 29.3 Å². The Balaban J connectivity index is 1.77. The van der Waals surface area contributed by atoms with E-state index in [9.17, 15) is 0 Å². The predicted octanol–water partition coefficient (Wildman–Crippen LogP) is 1.46. The molecule has 3 rings (SSSR count). The molecule has 0 saturated carbocycles. The lowest BCUT2D eigenvalue weighted by atomic mass is 10.00. The highest BCUT2D eigenvalue weighted by Crippen LogP contribution is 2.27. The number of hydrogen-bond acceptors (Lipinski definition) is 3. The van der Waals surface area contributed by atoms with E-state index in [-0.39, 0.29) is 0 Å². The van der Waals surface area contributed by atoms with E-state index in [4.69, 9.17) is 4.74 Å². The highest BCUT2D eigenvalue weighted by Gasteiger charge is 2.18. The van der Waals surface area contributed by atoms with Crippen LogP contribution in [0.25, 0.3) is 0 Å². The van der Waals surface area contributed by atoms with E-state index < -0.39 is 0 Å². The third-order valence-corrected chi connectivity index (χ3v) is 3.68. The van der Waals surface area contributed by atoms with Gasteiger partial charge in [0.05, 0.1) is 0 Å². The summed E-state index contributed by atoms with van der Waals surface area (Å²) in [7, 11) is 0. The van der Waals surface area contributed by atoms with E-state index in [1.165, 1.54) is 11.1 Å². The van der Waals surface area contributed by atoms with Crippen molar-refractivity contribution in [2.24, 2.45) is 0 Å². The highest BCUT2D eigenvalue weighted by atomic mass is 16.5. The van der Waals surface area contributed by atoms with E-state index in [1.54, 1.807) is 0 Å². The molecule has 0 aliphatic carbocycles. The van der Waals surface area contributed by atoms with Crippen molar-refractivity contribution in [3.63, 3.8) is 0 Å². The van der Waals surface area contributed by atoms with Crippen molar-refractivity contribution in [3.8, 4) is 5.75 Å². The van der Waals surface area contributed by atoms with E-state index >= 15 is 0 Å². The van der Waals surface area contributed by atoms with Gasteiger partial charge in [-0.15, -0.1) is 0 Å². The zero-order chi connectivity index (χ0) is 11.5. The molecule has 0 bridgehead atoms. The Labute approximate surface area is 103 Å². The molecule has 17 heavy (non-hydrogen) atoms. The van der Waals surface area contributed by atoms with Gasteiger partial charge in [-0.2, -0.15) is 0 Å². The molecule has 0 amide bonds. The van der Waals surface area contributed by atoms with Crippen LogP contribution in [0.1, 0.15) is 24.0 Å². The van der Waals surface area contributed by atoms with Crippen LogP contribution in [-0.2, 0) is 13.0 Å². The van der Waals surface area contributed by atoms with Crippen molar-refractivity contribution in [2.75, 3.05) is 19.6 Å². The number of piperidine rings is 1. The number of hydrogen-bond donors (Lipinski definition) is 2. The van der Waals surface area contributed by atoms with Crippen LogP contribution in [0.4, 0.5) is 0 Å². The minimum absolute atomic E-state index is 0.393. The SMILES string of the molecule is c1cc2c(c(OC3CCNCC3)c1)CNCC2.